The molecule has 0 radical (unpaired) electrons. The molecule has 138 valence electrons. The number of amides is 1. The van der Waals surface area contributed by atoms with Crippen LogP contribution in [0.4, 0.5) is 0 Å². The molecule has 2 aromatic rings. The van der Waals surface area contributed by atoms with E-state index in [0.29, 0.717) is 18.7 Å². The molecule has 2 heterocycles. The summed E-state index contributed by atoms with van der Waals surface area (Å²) < 4.78 is 0.988. The van der Waals surface area contributed by atoms with Gasteiger partial charge in [0.1, 0.15) is 0 Å². The van der Waals surface area contributed by atoms with Gasteiger partial charge in [0.05, 0.1) is 6.42 Å². The molecule has 1 fully saturated rings. The fraction of sp³-hybridized carbons (Fsp3) is 0.421. The number of aromatic amines is 1. The van der Waals surface area contributed by atoms with Gasteiger partial charge in [-0.1, -0.05) is 29.8 Å². The van der Waals surface area contributed by atoms with Gasteiger partial charge in [0.25, 0.3) is 5.56 Å². The molecule has 0 aliphatic carbocycles. The zero-order chi connectivity index (χ0) is 18.7. The molecule has 1 aliphatic rings. The number of nitrogens with zero attached hydrogens (tertiary/aromatic N) is 3. The van der Waals surface area contributed by atoms with Crippen molar-refractivity contribution < 1.29 is 4.79 Å². The largest absolute Gasteiger partial charge is 0.340 e. The van der Waals surface area contributed by atoms with E-state index in [9.17, 15) is 14.4 Å². The van der Waals surface area contributed by atoms with Crippen LogP contribution in [0.25, 0.3) is 0 Å². The topological polar surface area (TPSA) is 78.4 Å². The molecule has 1 aromatic carbocycles. The van der Waals surface area contributed by atoms with Crippen molar-refractivity contribution in [3.63, 3.8) is 0 Å². The van der Waals surface area contributed by atoms with Gasteiger partial charge < -0.3 is 9.88 Å². The van der Waals surface area contributed by atoms with Crippen LogP contribution < -0.4 is 11.2 Å². The summed E-state index contributed by atoms with van der Waals surface area (Å²) in [5.41, 5.74) is 1.95. The van der Waals surface area contributed by atoms with Gasteiger partial charge in [0.15, 0.2) is 0 Å². The minimum atomic E-state index is -0.476. The fourth-order valence-electron chi connectivity index (χ4n) is 3.24. The number of aromatic nitrogens is 2. The summed E-state index contributed by atoms with van der Waals surface area (Å²) >= 11 is 0. The Labute approximate surface area is 151 Å². The minimum absolute atomic E-state index is 0.0152. The molecule has 1 N–H and O–H groups in total. The summed E-state index contributed by atoms with van der Waals surface area (Å²) in [6.45, 7) is 5.88. The van der Waals surface area contributed by atoms with E-state index < -0.39 is 11.2 Å². The van der Waals surface area contributed by atoms with Crippen LogP contribution in [0.15, 0.2) is 40.1 Å². The first-order chi connectivity index (χ1) is 12.4. The third kappa shape index (κ3) is 4.11. The number of rotatable bonds is 4. The average Bonchev–Trinajstić information content (AvgIpc) is 2.63. The number of H-pyrrole nitrogens is 1. The highest BCUT2D eigenvalue weighted by atomic mass is 16.2. The first-order valence-corrected chi connectivity index (χ1v) is 8.77. The van der Waals surface area contributed by atoms with E-state index in [2.05, 4.69) is 41.1 Å². The molecule has 26 heavy (non-hydrogen) atoms. The minimum Gasteiger partial charge on any atom is -0.340 e. The van der Waals surface area contributed by atoms with Crippen molar-refractivity contribution in [2.24, 2.45) is 7.05 Å². The lowest BCUT2D eigenvalue weighted by molar-refractivity contribution is -0.132. The van der Waals surface area contributed by atoms with E-state index in [1.54, 1.807) is 4.90 Å². The maximum atomic E-state index is 12.5. The van der Waals surface area contributed by atoms with Crippen LogP contribution in [0, 0.1) is 6.92 Å². The lowest BCUT2D eigenvalue weighted by Gasteiger charge is -2.34. The number of piperazine rings is 1. The molecule has 1 amide bonds. The van der Waals surface area contributed by atoms with Gasteiger partial charge in [-0.05, 0) is 12.5 Å². The van der Waals surface area contributed by atoms with Crippen molar-refractivity contribution in [1.29, 1.82) is 0 Å². The molecular weight excluding hydrogens is 332 g/mol. The van der Waals surface area contributed by atoms with Crippen molar-refractivity contribution in [3.8, 4) is 0 Å². The average molecular weight is 356 g/mol. The molecule has 1 aromatic heterocycles. The number of nitrogens with one attached hydrogen (secondary N) is 1. The van der Waals surface area contributed by atoms with E-state index >= 15 is 0 Å². The number of carbonyl (C=O) groups is 1. The summed E-state index contributed by atoms with van der Waals surface area (Å²) in [7, 11) is 1.40. The molecule has 1 aliphatic heterocycles. The Morgan fingerprint density at radius 1 is 1.15 bits per heavy atom. The Bertz CT molecular complexity index is 907. The molecule has 7 heteroatoms. The van der Waals surface area contributed by atoms with Crippen LogP contribution >= 0.6 is 0 Å². The second kappa shape index (κ2) is 7.70. The third-order valence-corrected chi connectivity index (χ3v) is 4.81. The quantitative estimate of drug-likeness (QED) is 0.853. The van der Waals surface area contributed by atoms with E-state index in [4.69, 9.17) is 0 Å². The second-order valence-corrected chi connectivity index (χ2v) is 6.81. The Morgan fingerprint density at radius 2 is 1.88 bits per heavy atom. The van der Waals surface area contributed by atoms with Crippen LogP contribution in [0.5, 0.6) is 0 Å². The fourth-order valence-corrected chi connectivity index (χ4v) is 3.24. The predicted octanol–water partition coefficient (Wildman–Crippen LogP) is 0.269. The van der Waals surface area contributed by atoms with Crippen molar-refractivity contribution in [1.82, 2.24) is 19.4 Å². The molecule has 0 unspecified atom stereocenters. The highest BCUT2D eigenvalue weighted by molar-refractivity contribution is 5.78. The first kappa shape index (κ1) is 18.1. The summed E-state index contributed by atoms with van der Waals surface area (Å²) in [5, 5.41) is 0. The summed E-state index contributed by atoms with van der Waals surface area (Å²) in [5.74, 6) is -0.0793. The Balaban J connectivity index is 1.56. The van der Waals surface area contributed by atoms with Gasteiger partial charge in [0.2, 0.25) is 5.91 Å². The van der Waals surface area contributed by atoms with Crippen molar-refractivity contribution in [2.45, 2.75) is 19.9 Å². The zero-order valence-electron chi connectivity index (χ0n) is 15.2. The predicted molar refractivity (Wildman–Crippen MR) is 99.0 cm³/mol. The van der Waals surface area contributed by atoms with E-state index in [1.807, 2.05) is 0 Å². The number of aryl methyl sites for hydroxylation is 1. The van der Waals surface area contributed by atoms with Gasteiger partial charge in [-0.3, -0.25) is 19.1 Å². The van der Waals surface area contributed by atoms with Crippen molar-refractivity contribution >= 4 is 5.91 Å². The summed E-state index contributed by atoms with van der Waals surface area (Å²) in [4.78, 5) is 42.5. The number of hydrogen-bond donors (Lipinski definition) is 1. The molecule has 0 saturated carbocycles. The molecular formula is C19H24N4O3. The van der Waals surface area contributed by atoms with Crippen LogP contribution in [-0.2, 0) is 24.8 Å². The monoisotopic (exact) mass is 356 g/mol. The SMILES string of the molecule is Cc1cccc(CN2CCN(C(=O)Cc3c[nH]c(=O)n(C)c3=O)CC2)c1. The van der Waals surface area contributed by atoms with E-state index in [1.165, 1.54) is 24.4 Å². The Hall–Kier alpha value is -2.67. The molecule has 7 nitrogen and oxygen atoms in total. The Kier molecular flexibility index (Phi) is 5.37. The zero-order valence-corrected chi connectivity index (χ0v) is 15.2. The smallest absolute Gasteiger partial charge is 0.328 e. The summed E-state index contributed by atoms with van der Waals surface area (Å²) in [6.07, 6.45) is 1.36. The van der Waals surface area contributed by atoms with Crippen molar-refractivity contribution in [3.05, 3.63) is 68.0 Å². The molecule has 3 rings (SSSR count). The van der Waals surface area contributed by atoms with Crippen LogP contribution in [0.2, 0.25) is 0 Å². The first-order valence-electron chi connectivity index (χ1n) is 8.77. The Morgan fingerprint density at radius 3 is 2.58 bits per heavy atom. The lowest BCUT2D eigenvalue weighted by atomic mass is 10.1. The maximum absolute atomic E-state index is 12.5. The number of carbonyl (C=O) groups excluding carboxylic acids is 1. The molecule has 0 spiro atoms. The second-order valence-electron chi connectivity index (χ2n) is 6.81. The van der Waals surface area contributed by atoms with Crippen LogP contribution in [0.3, 0.4) is 0 Å². The van der Waals surface area contributed by atoms with Gasteiger partial charge in [-0.25, -0.2) is 4.79 Å². The van der Waals surface area contributed by atoms with Gasteiger partial charge in [0, 0.05) is 51.5 Å². The molecule has 0 bridgehead atoms. The summed E-state index contributed by atoms with van der Waals surface area (Å²) in [6, 6.07) is 8.45. The maximum Gasteiger partial charge on any atom is 0.328 e. The van der Waals surface area contributed by atoms with Gasteiger partial charge in [-0.2, -0.15) is 0 Å². The normalized spacial score (nSPS) is 15.2. The van der Waals surface area contributed by atoms with Crippen molar-refractivity contribution in [2.75, 3.05) is 26.2 Å². The molecule has 1 saturated heterocycles. The van der Waals surface area contributed by atoms with E-state index in [-0.39, 0.29) is 12.3 Å². The lowest BCUT2D eigenvalue weighted by Crippen LogP contribution is -2.49. The number of benzene rings is 1. The number of hydrogen-bond acceptors (Lipinski definition) is 4. The highest BCUT2D eigenvalue weighted by Crippen LogP contribution is 2.11. The highest BCUT2D eigenvalue weighted by Gasteiger charge is 2.22. The van der Waals surface area contributed by atoms with Crippen LogP contribution in [-0.4, -0.2) is 51.4 Å². The molecule has 0 atom stereocenters. The van der Waals surface area contributed by atoms with Crippen LogP contribution in [0.1, 0.15) is 16.7 Å². The van der Waals surface area contributed by atoms with E-state index in [0.717, 1.165) is 24.2 Å². The third-order valence-electron chi connectivity index (χ3n) is 4.81. The van der Waals surface area contributed by atoms with Gasteiger partial charge in [-0.15, -0.1) is 0 Å². The van der Waals surface area contributed by atoms with Gasteiger partial charge >= 0.3 is 5.69 Å². The standard InChI is InChI=1S/C19H24N4O3/c1-14-4-3-5-15(10-14)13-22-6-8-23(9-7-22)17(24)11-16-12-20-19(26)21(2)18(16)25/h3-5,10,12H,6-9,11,13H2,1-2H3,(H,20,26).